The molecule has 1 aliphatic heterocycles. The van der Waals surface area contributed by atoms with Crippen LogP contribution in [0.15, 0.2) is 41.8 Å². The smallest absolute Gasteiger partial charge is 0.277 e. The summed E-state index contributed by atoms with van der Waals surface area (Å²) in [5, 5.41) is 15.5. The van der Waals surface area contributed by atoms with E-state index in [0.29, 0.717) is 31.9 Å². The van der Waals surface area contributed by atoms with Gasteiger partial charge in [-0.1, -0.05) is 0 Å². The Bertz CT molecular complexity index is 1120. The van der Waals surface area contributed by atoms with E-state index >= 15 is 0 Å². The Balaban J connectivity index is 1.34. The minimum atomic E-state index is -0.685. The number of hydroxylamine groups is 1. The summed E-state index contributed by atoms with van der Waals surface area (Å²) in [7, 11) is 0. The first kappa shape index (κ1) is 20.2. The van der Waals surface area contributed by atoms with E-state index in [2.05, 4.69) is 30.4 Å². The van der Waals surface area contributed by atoms with Crippen molar-refractivity contribution < 1.29 is 14.8 Å². The van der Waals surface area contributed by atoms with Gasteiger partial charge in [0, 0.05) is 50.1 Å². The second-order valence-corrected chi connectivity index (χ2v) is 6.85. The molecular formula is C18H19N9O4. The number of piperidine rings is 1. The highest BCUT2D eigenvalue weighted by Crippen LogP contribution is 2.16. The Kier molecular flexibility index (Phi) is 5.66. The second kappa shape index (κ2) is 8.71. The van der Waals surface area contributed by atoms with Gasteiger partial charge in [-0.3, -0.25) is 24.6 Å². The molecule has 160 valence electrons. The number of H-pyrrole nitrogens is 1. The van der Waals surface area contributed by atoms with E-state index in [9.17, 15) is 14.4 Å². The van der Waals surface area contributed by atoms with Gasteiger partial charge in [-0.15, -0.1) is 0 Å². The summed E-state index contributed by atoms with van der Waals surface area (Å²) in [4.78, 5) is 53.0. The summed E-state index contributed by atoms with van der Waals surface area (Å²) in [6.45, 7) is 1.17. The number of anilines is 1. The lowest BCUT2D eigenvalue weighted by atomic mass is 10.0. The van der Waals surface area contributed by atoms with Gasteiger partial charge in [-0.05, 0) is 18.9 Å². The molecule has 0 radical (unpaired) electrons. The first-order valence-corrected chi connectivity index (χ1v) is 9.47. The molecule has 13 heteroatoms. The number of carbonyl (C=O) groups excluding carboxylic acids is 2. The summed E-state index contributed by atoms with van der Waals surface area (Å²) in [6, 6.07) is 1.58. The largest absolute Gasteiger partial charge is 0.349 e. The number of hydrogen-bond acceptors (Lipinski definition) is 9. The number of rotatable bonds is 5. The van der Waals surface area contributed by atoms with Gasteiger partial charge in [-0.2, -0.15) is 5.10 Å². The summed E-state index contributed by atoms with van der Waals surface area (Å²) >= 11 is 0. The maximum atomic E-state index is 12.5. The van der Waals surface area contributed by atoms with Crippen LogP contribution in [0.2, 0.25) is 0 Å². The molecule has 13 nitrogen and oxygen atoms in total. The van der Waals surface area contributed by atoms with Crippen molar-refractivity contribution in [2.75, 3.05) is 18.0 Å². The SMILES string of the molecule is O=C(NO)c1cnc(N2CCC(NC(=O)c3cnc(-n4cccn4)[nH]c3=O)CC2)nc1. The van der Waals surface area contributed by atoms with Crippen molar-refractivity contribution in [1.82, 2.24) is 40.5 Å². The van der Waals surface area contributed by atoms with E-state index in [1.807, 2.05) is 4.90 Å². The molecule has 31 heavy (non-hydrogen) atoms. The molecule has 0 atom stereocenters. The molecule has 4 N–H and O–H groups in total. The molecule has 2 amide bonds. The van der Waals surface area contributed by atoms with Gasteiger partial charge in [0.15, 0.2) is 0 Å². The molecule has 3 aromatic heterocycles. The summed E-state index contributed by atoms with van der Waals surface area (Å²) in [5.74, 6) is -0.499. The van der Waals surface area contributed by atoms with Gasteiger partial charge in [0.2, 0.25) is 11.9 Å². The Morgan fingerprint density at radius 1 is 1.10 bits per heavy atom. The number of nitrogens with zero attached hydrogens (tertiary/aromatic N) is 6. The highest BCUT2D eigenvalue weighted by atomic mass is 16.5. The maximum absolute atomic E-state index is 12.5. The fourth-order valence-corrected chi connectivity index (χ4v) is 3.21. The number of nitrogens with one attached hydrogen (secondary N) is 3. The Morgan fingerprint density at radius 2 is 1.84 bits per heavy atom. The van der Waals surface area contributed by atoms with Gasteiger partial charge < -0.3 is 10.2 Å². The van der Waals surface area contributed by atoms with Crippen LogP contribution in [-0.4, -0.2) is 65.9 Å². The van der Waals surface area contributed by atoms with E-state index in [4.69, 9.17) is 5.21 Å². The van der Waals surface area contributed by atoms with Crippen molar-refractivity contribution in [2.45, 2.75) is 18.9 Å². The quantitative estimate of drug-likeness (QED) is 0.304. The van der Waals surface area contributed by atoms with Gasteiger partial charge in [0.1, 0.15) is 5.56 Å². The summed E-state index contributed by atoms with van der Waals surface area (Å²) in [5.41, 5.74) is 1.05. The Labute approximate surface area is 175 Å². The van der Waals surface area contributed by atoms with Crippen molar-refractivity contribution in [3.05, 3.63) is 58.5 Å². The van der Waals surface area contributed by atoms with Gasteiger partial charge in [0.25, 0.3) is 17.4 Å². The van der Waals surface area contributed by atoms with E-state index < -0.39 is 17.4 Å². The molecule has 0 aromatic carbocycles. The topological polar surface area (TPSA) is 171 Å². The first-order chi connectivity index (χ1) is 15.0. The average Bonchev–Trinajstić information content (AvgIpc) is 3.34. The molecule has 4 heterocycles. The highest BCUT2D eigenvalue weighted by Gasteiger charge is 2.24. The third-order valence-electron chi connectivity index (χ3n) is 4.87. The highest BCUT2D eigenvalue weighted by molar-refractivity contribution is 5.94. The Morgan fingerprint density at radius 3 is 2.45 bits per heavy atom. The summed E-state index contributed by atoms with van der Waals surface area (Å²) in [6.07, 6.45) is 8.33. The number of carbonyl (C=O) groups is 2. The maximum Gasteiger partial charge on any atom is 0.277 e. The number of aromatic amines is 1. The normalized spacial score (nSPS) is 14.3. The monoisotopic (exact) mass is 425 g/mol. The van der Waals surface area contributed by atoms with Crippen molar-refractivity contribution in [3.8, 4) is 5.95 Å². The lowest BCUT2D eigenvalue weighted by molar-refractivity contribution is 0.0705. The molecule has 0 aliphatic carbocycles. The number of hydrogen-bond donors (Lipinski definition) is 4. The van der Waals surface area contributed by atoms with Gasteiger partial charge in [-0.25, -0.2) is 25.1 Å². The molecule has 0 saturated carbocycles. The van der Waals surface area contributed by atoms with Crippen molar-refractivity contribution >= 4 is 17.8 Å². The van der Waals surface area contributed by atoms with E-state index in [1.54, 1.807) is 18.5 Å². The number of aromatic nitrogens is 6. The second-order valence-electron chi connectivity index (χ2n) is 6.85. The molecule has 1 aliphatic rings. The zero-order valence-corrected chi connectivity index (χ0v) is 16.2. The molecular weight excluding hydrogens is 406 g/mol. The predicted octanol–water partition coefficient (Wildman–Crippen LogP) is -0.737. The molecule has 0 spiro atoms. The zero-order chi connectivity index (χ0) is 21.8. The molecule has 3 aromatic rings. The third kappa shape index (κ3) is 4.40. The van der Waals surface area contributed by atoms with Crippen LogP contribution in [0.4, 0.5) is 5.95 Å². The first-order valence-electron chi connectivity index (χ1n) is 9.47. The minimum Gasteiger partial charge on any atom is -0.349 e. The van der Waals surface area contributed by atoms with Gasteiger partial charge >= 0.3 is 0 Å². The van der Waals surface area contributed by atoms with Crippen LogP contribution in [0.3, 0.4) is 0 Å². The van der Waals surface area contributed by atoms with Crippen LogP contribution in [-0.2, 0) is 0 Å². The number of amides is 2. The zero-order valence-electron chi connectivity index (χ0n) is 16.2. The molecule has 0 bridgehead atoms. The van der Waals surface area contributed by atoms with Crippen LogP contribution in [0.1, 0.15) is 33.6 Å². The fourth-order valence-electron chi connectivity index (χ4n) is 3.21. The van der Waals surface area contributed by atoms with Crippen LogP contribution in [0.25, 0.3) is 5.95 Å². The standard InChI is InChI=1S/C18H19N9O4/c28-14(25-31)11-8-19-17(20-9-11)26-6-2-12(3-7-26)23-15(29)13-10-21-18(24-16(13)30)27-5-1-4-22-27/h1,4-5,8-10,12,31H,2-3,6-7H2,(H,23,29)(H,25,28)(H,21,24,30). The lowest BCUT2D eigenvalue weighted by Gasteiger charge is -2.32. The van der Waals surface area contributed by atoms with Crippen LogP contribution in [0.5, 0.6) is 0 Å². The van der Waals surface area contributed by atoms with E-state index in [1.165, 1.54) is 28.8 Å². The lowest BCUT2D eigenvalue weighted by Crippen LogP contribution is -2.46. The van der Waals surface area contributed by atoms with Crippen molar-refractivity contribution in [3.63, 3.8) is 0 Å². The molecule has 0 unspecified atom stereocenters. The van der Waals surface area contributed by atoms with Crippen LogP contribution in [0, 0.1) is 0 Å². The van der Waals surface area contributed by atoms with E-state index in [0.717, 1.165) is 0 Å². The molecule has 4 rings (SSSR count). The van der Waals surface area contributed by atoms with E-state index in [-0.39, 0.29) is 23.1 Å². The van der Waals surface area contributed by atoms with Gasteiger partial charge in [0.05, 0.1) is 5.56 Å². The minimum absolute atomic E-state index is 0.0700. The van der Waals surface area contributed by atoms with Crippen LogP contribution >= 0.6 is 0 Å². The van der Waals surface area contributed by atoms with Crippen molar-refractivity contribution in [2.24, 2.45) is 0 Å². The third-order valence-corrected chi connectivity index (χ3v) is 4.87. The fraction of sp³-hybridized carbons (Fsp3) is 0.278. The molecule has 1 fully saturated rings. The average molecular weight is 425 g/mol. The molecule has 1 saturated heterocycles. The predicted molar refractivity (Wildman–Crippen MR) is 106 cm³/mol. The Hall–Kier alpha value is -4.13. The van der Waals surface area contributed by atoms with Crippen LogP contribution < -0.4 is 21.3 Å². The summed E-state index contributed by atoms with van der Waals surface area (Å²) < 4.78 is 1.39. The van der Waals surface area contributed by atoms with Crippen molar-refractivity contribution in [1.29, 1.82) is 0 Å².